The summed E-state index contributed by atoms with van der Waals surface area (Å²) in [5.74, 6) is 0. The Balaban J connectivity index is 4.36. The first-order valence-corrected chi connectivity index (χ1v) is 6.52. The Morgan fingerprint density at radius 1 is 1.16 bits per heavy atom. The van der Waals surface area contributed by atoms with Crippen molar-refractivity contribution in [2.75, 3.05) is 6.61 Å². The predicted octanol–water partition coefficient (Wildman–Crippen LogP) is 1.20. The van der Waals surface area contributed by atoms with Crippen LogP contribution < -0.4 is 5.32 Å². The number of nitrogens with one attached hydrogen (secondary N) is 1. The summed E-state index contributed by atoms with van der Waals surface area (Å²) in [6, 6.07) is -0.690. The molecule has 0 aliphatic carbocycles. The first kappa shape index (κ1) is 18.5. The summed E-state index contributed by atoms with van der Waals surface area (Å²) in [5.41, 5.74) is -0.547. The highest BCUT2D eigenvalue weighted by Gasteiger charge is 2.32. The van der Waals surface area contributed by atoms with Gasteiger partial charge in [0.2, 0.25) is 6.41 Å². The van der Waals surface area contributed by atoms with Crippen molar-refractivity contribution in [2.24, 2.45) is 10.8 Å². The molecule has 0 radical (unpaired) electrons. The van der Waals surface area contributed by atoms with Gasteiger partial charge >= 0.3 is 0 Å². The smallest absolute Gasteiger partial charge is 0.213 e. The maximum atomic E-state index is 9.78. The number of aliphatic hydroxyl groups excluding tert-OH is 2. The molecule has 1 unspecified atom stereocenters. The average molecular weight is 275 g/mol. The quantitative estimate of drug-likeness (QED) is 0.395. The van der Waals surface area contributed by atoms with Crippen molar-refractivity contribution < 1.29 is 20.1 Å². The SMILES string of the molecule is C=CCC(C)(C)COC(O)N[C@H](C(O)O)C(C)(C)C. The fourth-order valence-electron chi connectivity index (χ4n) is 1.74. The summed E-state index contributed by atoms with van der Waals surface area (Å²) in [5, 5.41) is 31.1. The molecule has 0 saturated heterocycles. The standard InChI is InChI=1S/C14H29NO4/c1-7-8-14(5,6)9-19-12(18)15-10(11(16)17)13(2,3)4/h7,10-12,15-18H,1,8-9H2,2-6H3/t10-,12?/m1/s1. The van der Waals surface area contributed by atoms with Crippen LogP contribution in [0.25, 0.3) is 0 Å². The van der Waals surface area contributed by atoms with E-state index in [0.29, 0.717) is 6.61 Å². The molecule has 0 aliphatic heterocycles. The van der Waals surface area contributed by atoms with Gasteiger partial charge in [0.25, 0.3) is 0 Å². The van der Waals surface area contributed by atoms with E-state index in [4.69, 9.17) is 4.74 Å². The number of aliphatic hydroxyl groups is 3. The second-order valence-corrected chi connectivity index (χ2v) is 6.74. The van der Waals surface area contributed by atoms with Crippen molar-refractivity contribution in [3.05, 3.63) is 12.7 Å². The maximum absolute atomic E-state index is 9.78. The van der Waals surface area contributed by atoms with Crippen molar-refractivity contribution in [1.82, 2.24) is 5.32 Å². The fourth-order valence-corrected chi connectivity index (χ4v) is 1.74. The Labute approximate surface area is 116 Å². The van der Waals surface area contributed by atoms with Crippen molar-refractivity contribution in [2.45, 2.75) is 59.8 Å². The monoisotopic (exact) mass is 275 g/mol. The number of ether oxygens (including phenoxy) is 1. The highest BCUT2D eigenvalue weighted by Crippen LogP contribution is 2.23. The van der Waals surface area contributed by atoms with Crippen molar-refractivity contribution in [3.8, 4) is 0 Å². The van der Waals surface area contributed by atoms with Crippen LogP contribution in [0.5, 0.6) is 0 Å². The van der Waals surface area contributed by atoms with E-state index in [9.17, 15) is 15.3 Å². The van der Waals surface area contributed by atoms with Crippen LogP contribution in [0.15, 0.2) is 12.7 Å². The minimum Gasteiger partial charge on any atom is -0.367 e. The summed E-state index contributed by atoms with van der Waals surface area (Å²) in [6.07, 6.45) is -0.238. The third-order valence-corrected chi connectivity index (χ3v) is 2.88. The molecular weight excluding hydrogens is 246 g/mol. The lowest BCUT2D eigenvalue weighted by atomic mass is 9.86. The number of hydrogen-bond acceptors (Lipinski definition) is 5. The van der Waals surface area contributed by atoms with Crippen LogP contribution in [0.2, 0.25) is 0 Å². The van der Waals surface area contributed by atoms with Crippen molar-refractivity contribution in [1.29, 1.82) is 0 Å². The van der Waals surface area contributed by atoms with Gasteiger partial charge in [0.05, 0.1) is 12.6 Å². The van der Waals surface area contributed by atoms with E-state index in [0.717, 1.165) is 6.42 Å². The summed E-state index contributed by atoms with van der Waals surface area (Å²) < 4.78 is 5.31. The second kappa shape index (κ2) is 7.36. The minimum atomic E-state index is -1.57. The zero-order valence-corrected chi connectivity index (χ0v) is 12.7. The molecule has 0 aromatic rings. The first-order chi connectivity index (χ1) is 8.49. The van der Waals surface area contributed by atoms with Gasteiger partial charge in [-0.2, -0.15) is 0 Å². The molecule has 0 saturated carbocycles. The fraction of sp³-hybridized carbons (Fsp3) is 0.857. The zero-order valence-electron chi connectivity index (χ0n) is 12.7. The zero-order chi connectivity index (χ0) is 15.3. The topological polar surface area (TPSA) is 82.0 Å². The van der Waals surface area contributed by atoms with Gasteiger partial charge in [-0.25, -0.2) is 0 Å². The molecular formula is C14H29NO4. The van der Waals surface area contributed by atoms with E-state index in [2.05, 4.69) is 11.9 Å². The molecule has 0 aromatic carbocycles. The average Bonchev–Trinajstić information content (AvgIpc) is 2.21. The van der Waals surface area contributed by atoms with Gasteiger partial charge in [0.1, 0.15) is 0 Å². The van der Waals surface area contributed by atoms with Gasteiger partial charge < -0.3 is 20.1 Å². The van der Waals surface area contributed by atoms with Crippen LogP contribution in [0.1, 0.15) is 41.0 Å². The summed E-state index contributed by atoms with van der Waals surface area (Å²) in [7, 11) is 0. The largest absolute Gasteiger partial charge is 0.367 e. The first-order valence-electron chi connectivity index (χ1n) is 6.52. The molecule has 0 heterocycles. The molecule has 0 aliphatic rings. The molecule has 5 heteroatoms. The Morgan fingerprint density at radius 3 is 2.05 bits per heavy atom. The maximum Gasteiger partial charge on any atom is 0.213 e. The number of allylic oxidation sites excluding steroid dienone is 1. The Bertz CT molecular complexity index is 271. The van der Waals surface area contributed by atoms with E-state index in [1.165, 1.54) is 0 Å². The van der Waals surface area contributed by atoms with Crippen LogP contribution in [-0.2, 0) is 4.74 Å². The van der Waals surface area contributed by atoms with Crippen LogP contribution in [0, 0.1) is 10.8 Å². The molecule has 4 N–H and O–H groups in total. The third kappa shape index (κ3) is 7.64. The number of hydrogen-bond donors (Lipinski definition) is 4. The molecule has 0 spiro atoms. The lowest BCUT2D eigenvalue weighted by Gasteiger charge is -2.35. The van der Waals surface area contributed by atoms with Crippen LogP contribution in [0.4, 0.5) is 0 Å². The van der Waals surface area contributed by atoms with Crippen LogP contribution in [-0.4, -0.2) is 40.7 Å². The molecule has 0 fully saturated rings. The van der Waals surface area contributed by atoms with E-state index >= 15 is 0 Å². The van der Waals surface area contributed by atoms with Gasteiger partial charge in [-0.15, -0.1) is 6.58 Å². The van der Waals surface area contributed by atoms with Gasteiger partial charge in [-0.05, 0) is 17.3 Å². The molecule has 0 amide bonds. The minimum absolute atomic E-state index is 0.126. The van der Waals surface area contributed by atoms with E-state index in [1.54, 1.807) is 6.08 Å². The molecule has 2 atom stereocenters. The summed E-state index contributed by atoms with van der Waals surface area (Å²) in [4.78, 5) is 0. The molecule has 114 valence electrons. The molecule has 19 heavy (non-hydrogen) atoms. The molecule has 0 bridgehead atoms. The predicted molar refractivity (Wildman–Crippen MR) is 75.2 cm³/mol. The molecule has 0 rings (SSSR count). The summed E-state index contributed by atoms with van der Waals surface area (Å²) >= 11 is 0. The highest BCUT2D eigenvalue weighted by molar-refractivity contribution is 4.82. The second-order valence-electron chi connectivity index (χ2n) is 6.74. The van der Waals surface area contributed by atoms with Crippen molar-refractivity contribution >= 4 is 0 Å². The van der Waals surface area contributed by atoms with Gasteiger partial charge in [-0.1, -0.05) is 40.7 Å². The normalized spacial score (nSPS) is 16.5. The van der Waals surface area contributed by atoms with E-state index in [1.807, 2.05) is 34.6 Å². The summed E-state index contributed by atoms with van der Waals surface area (Å²) in [6.45, 7) is 13.6. The van der Waals surface area contributed by atoms with E-state index < -0.39 is 24.2 Å². The number of rotatable bonds is 8. The van der Waals surface area contributed by atoms with Gasteiger partial charge in [0, 0.05) is 0 Å². The van der Waals surface area contributed by atoms with Gasteiger partial charge in [0.15, 0.2) is 6.29 Å². The van der Waals surface area contributed by atoms with Gasteiger partial charge in [-0.3, -0.25) is 5.32 Å². The van der Waals surface area contributed by atoms with Crippen LogP contribution in [0.3, 0.4) is 0 Å². The van der Waals surface area contributed by atoms with E-state index in [-0.39, 0.29) is 5.41 Å². The third-order valence-electron chi connectivity index (χ3n) is 2.88. The lowest BCUT2D eigenvalue weighted by Crippen LogP contribution is -2.53. The van der Waals surface area contributed by atoms with Crippen molar-refractivity contribution in [3.63, 3.8) is 0 Å². The Kier molecular flexibility index (Phi) is 7.18. The highest BCUT2D eigenvalue weighted by atomic mass is 16.6. The Hall–Kier alpha value is -0.460. The molecule has 5 nitrogen and oxygen atoms in total. The molecule has 0 aromatic heterocycles. The Morgan fingerprint density at radius 2 is 1.68 bits per heavy atom. The van der Waals surface area contributed by atoms with Crippen LogP contribution >= 0.6 is 0 Å². The lowest BCUT2D eigenvalue weighted by molar-refractivity contribution is -0.176.